The highest BCUT2D eigenvalue weighted by atomic mass is 32.2. The molecule has 1 saturated heterocycles. The molecule has 0 aromatic heterocycles. The minimum absolute atomic E-state index is 0.445. The van der Waals surface area contributed by atoms with Gasteiger partial charge < -0.3 is 14.0 Å². The van der Waals surface area contributed by atoms with E-state index in [1.807, 2.05) is 27.7 Å². The molecule has 0 radical (unpaired) electrons. The summed E-state index contributed by atoms with van der Waals surface area (Å²) >= 11 is 0. The highest BCUT2D eigenvalue weighted by molar-refractivity contribution is 7.93. The van der Waals surface area contributed by atoms with E-state index in [9.17, 15) is 8.42 Å². The maximum atomic E-state index is 12.0. The number of benzene rings is 1. The van der Waals surface area contributed by atoms with Gasteiger partial charge in [-0.05, 0) is 47.6 Å². The predicted octanol–water partition coefficient (Wildman–Crippen LogP) is 2.14. The average Bonchev–Trinajstić information content (AvgIpc) is 2.66. The third kappa shape index (κ3) is 3.55. The minimum Gasteiger partial charge on any atom is -0.497 e. The molecule has 0 atom stereocenters. The standard InChI is InChI=1S/C16H26BNO5S/c1-11(2)24(19,20)18-12-8-9-13(14(10-12)21-7)17-22-15(3,4)16(5,6)23-17/h8-11,18H,1-7H3. The van der Waals surface area contributed by atoms with Crippen molar-refractivity contribution >= 4 is 28.3 Å². The normalized spacial score (nSPS) is 19.6. The molecule has 1 aliphatic rings. The molecule has 0 bridgehead atoms. The summed E-state index contributed by atoms with van der Waals surface area (Å²) in [5.74, 6) is 0.512. The Kier molecular flexibility index (Phi) is 4.96. The maximum absolute atomic E-state index is 12.0. The Bertz CT molecular complexity index is 699. The van der Waals surface area contributed by atoms with E-state index >= 15 is 0 Å². The topological polar surface area (TPSA) is 73.9 Å². The summed E-state index contributed by atoms with van der Waals surface area (Å²) in [7, 11) is -2.45. The van der Waals surface area contributed by atoms with Crippen molar-refractivity contribution in [3.8, 4) is 5.75 Å². The van der Waals surface area contributed by atoms with E-state index in [1.54, 1.807) is 32.0 Å². The first-order valence-electron chi connectivity index (χ1n) is 7.95. The molecule has 1 aromatic rings. The summed E-state index contributed by atoms with van der Waals surface area (Å²) in [6, 6.07) is 5.09. The van der Waals surface area contributed by atoms with E-state index < -0.39 is 33.6 Å². The lowest BCUT2D eigenvalue weighted by Gasteiger charge is -2.32. The van der Waals surface area contributed by atoms with Crippen LogP contribution >= 0.6 is 0 Å². The number of hydrogen-bond donors (Lipinski definition) is 1. The van der Waals surface area contributed by atoms with Crippen LogP contribution in [0.25, 0.3) is 0 Å². The lowest BCUT2D eigenvalue weighted by molar-refractivity contribution is 0.00578. The van der Waals surface area contributed by atoms with Crippen LogP contribution in [-0.2, 0) is 19.3 Å². The molecule has 0 amide bonds. The number of rotatable bonds is 5. The first kappa shape index (κ1) is 19.1. The van der Waals surface area contributed by atoms with Gasteiger partial charge in [-0.15, -0.1) is 0 Å². The summed E-state index contributed by atoms with van der Waals surface area (Å²) in [5, 5.41) is -0.522. The number of methoxy groups -OCH3 is 1. The highest BCUT2D eigenvalue weighted by Crippen LogP contribution is 2.37. The molecule has 1 aliphatic heterocycles. The van der Waals surface area contributed by atoms with Gasteiger partial charge >= 0.3 is 7.12 Å². The van der Waals surface area contributed by atoms with Crippen LogP contribution in [0, 0.1) is 0 Å². The minimum atomic E-state index is -3.41. The van der Waals surface area contributed by atoms with Crippen LogP contribution in [-0.4, -0.2) is 39.1 Å². The zero-order chi connectivity index (χ0) is 18.3. The molecule has 6 nitrogen and oxygen atoms in total. The first-order valence-corrected chi connectivity index (χ1v) is 9.49. The summed E-state index contributed by atoms with van der Waals surface area (Å²) in [6.45, 7) is 11.2. The summed E-state index contributed by atoms with van der Waals surface area (Å²) in [4.78, 5) is 0. The van der Waals surface area contributed by atoms with Gasteiger partial charge in [0.25, 0.3) is 0 Å². The van der Waals surface area contributed by atoms with Crippen molar-refractivity contribution in [2.24, 2.45) is 0 Å². The van der Waals surface area contributed by atoms with Crippen LogP contribution in [0.5, 0.6) is 5.75 Å². The van der Waals surface area contributed by atoms with E-state index in [0.717, 1.165) is 5.46 Å². The molecule has 2 rings (SSSR count). The Hall–Kier alpha value is -1.25. The molecular formula is C16H26BNO5S. The van der Waals surface area contributed by atoms with Crippen molar-refractivity contribution in [3.05, 3.63) is 18.2 Å². The Balaban J connectivity index is 2.32. The van der Waals surface area contributed by atoms with Crippen molar-refractivity contribution in [1.29, 1.82) is 0 Å². The second-order valence-corrected chi connectivity index (χ2v) is 9.48. The van der Waals surface area contributed by atoms with Gasteiger partial charge in [0.15, 0.2) is 0 Å². The van der Waals surface area contributed by atoms with E-state index in [1.165, 1.54) is 7.11 Å². The fourth-order valence-corrected chi connectivity index (χ4v) is 2.91. The molecule has 0 spiro atoms. The van der Waals surface area contributed by atoms with Crippen LogP contribution in [0.15, 0.2) is 18.2 Å². The third-order valence-corrected chi connectivity index (χ3v) is 6.38. The Morgan fingerprint density at radius 3 is 2.12 bits per heavy atom. The van der Waals surface area contributed by atoms with E-state index in [2.05, 4.69) is 4.72 Å². The van der Waals surface area contributed by atoms with Crippen molar-refractivity contribution in [2.45, 2.75) is 58.0 Å². The molecule has 1 N–H and O–H groups in total. The van der Waals surface area contributed by atoms with E-state index in [-0.39, 0.29) is 0 Å². The van der Waals surface area contributed by atoms with Gasteiger partial charge in [-0.3, -0.25) is 4.72 Å². The summed E-state index contributed by atoms with van der Waals surface area (Å²) < 4.78 is 44.0. The van der Waals surface area contributed by atoms with Crippen LogP contribution in [0.1, 0.15) is 41.5 Å². The largest absolute Gasteiger partial charge is 0.498 e. The second-order valence-electron chi connectivity index (χ2n) is 7.24. The Labute approximate surface area is 145 Å². The van der Waals surface area contributed by atoms with E-state index in [4.69, 9.17) is 14.0 Å². The molecule has 134 valence electrons. The van der Waals surface area contributed by atoms with Crippen molar-refractivity contribution in [1.82, 2.24) is 0 Å². The summed E-state index contributed by atoms with van der Waals surface area (Å²) in [5.41, 5.74) is 0.255. The zero-order valence-electron chi connectivity index (χ0n) is 15.3. The molecular weight excluding hydrogens is 329 g/mol. The molecule has 1 heterocycles. The number of sulfonamides is 1. The molecule has 0 saturated carbocycles. The Morgan fingerprint density at radius 2 is 1.67 bits per heavy atom. The SMILES string of the molecule is COc1cc(NS(=O)(=O)C(C)C)ccc1B1OC(C)(C)C(C)(C)O1. The molecule has 8 heteroatoms. The fraction of sp³-hybridized carbons (Fsp3) is 0.625. The molecule has 0 unspecified atom stereocenters. The van der Waals surface area contributed by atoms with E-state index in [0.29, 0.717) is 11.4 Å². The van der Waals surface area contributed by atoms with Crippen molar-refractivity contribution < 1.29 is 22.5 Å². The van der Waals surface area contributed by atoms with Gasteiger partial charge in [0.2, 0.25) is 10.0 Å². The number of ether oxygens (including phenoxy) is 1. The van der Waals surface area contributed by atoms with Crippen molar-refractivity contribution in [3.63, 3.8) is 0 Å². The average molecular weight is 355 g/mol. The first-order chi connectivity index (χ1) is 10.9. The summed E-state index contributed by atoms with van der Waals surface area (Å²) in [6.07, 6.45) is 0. The van der Waals surface area contributed by atoms with Gasteiger partial charge in [0.05, 0.1) is 29.2 Å². The van der Waals surface area contributed by atoms with Crippen LogP contribution in [0.3, 0.4) is 0 Å². The van der Waals surface area contributed by atoms with Gasteiger partial charge in [-0.25, -0.2) is 8.42 Å². The van der Waals surface area contributed by atoms with Crippen LogP contribution in [0.4, 0.5) is 5.69 Å². The molecule has 1 aromatic carbocycles. The lowest BCUT2D eigenvalue weighted by atomic mass is 9.78. The number of hydrogen-bond acceptors (Lipinski definition) is 5. The maximum Gasteiger partial charge on any atom is 0.498 e. The molecule has 0 aliphatic carbocycles. The highest BCUT2D eigenvalue weighted by Gasteiger charge is 2.52. The fourth-order valence-electron chi connectivity index (χ4n) is 2.22. The number of nitrogens with one attached hydrogen (secondary N) is 1. The molecule has 24 heavy (non-hydrogen) atoms. The Morgan fingerprint density at radius 1 is 1.12 bits per heavy atom. The van der Waals surface area contributed by atoms with Crippen molar-refractivity contribution in [2.75, 3.05) is 11.8 Å². The quantitative estimate of drug-likeness (QED) is 0.820. The van der Waals surface area contributed by atoms with Crippen LogP contribution in [0.2, 0.25) is 0 Å². The zero-order valence-corrected chi connectivity index (χ0v) is 16.2. The van der Waals surface area contributed by atoms with Gasteiger partial charge in [0.1, 0.15) is 5.75 Å². The monoisotopic (exact) mass is 355 g/mol. The van der Waals surface area contributed by atoms with Gasteiger partial charge in [-0.1, -0.05) is 6.07 Å². The third-order valence-electron chi connectivity index (χ3n) is 4.62. The van der Waals surface area contributed by atoms with Gasteiger partial charge in [0, 0.05) is 11.5 Å². The second kappa shape index (κ2) is 6.24. The molecule has 1 fully saturated rings. The lowest BCUT2D eigenvalue weighted by Crippen LogP contribution is -2.41. The van der Waals surface area contributed by atoms with Crippen LogP contribution < -0.4 is 14.9 Å². The predicted molar refractivity (Wildman–Crippen MR) is 96.4 cm³/mol. The van der Waals surface area contributed by atoms with Gasteiger partial charge in [-0.2, -0.15) is 0 Å². The number of anilines is 1. The smallest absolute Gasteiger partial charge is 0.497 e.